The van der Waals surface area contributed by atoms with Crippen LogP contribution in [0.2, 0.25) is 0 Å². The van der Waals surface area contributed by atoms with Crippen LogP contribution in [0.4, 0.5) is 11.4 Å². The van der Waals surface area contributed by atoms with Crippen molar-refractivity contribution in [3.63, 3.8) is 0 Å². The van der Waals surface area contributed by atoms with Gasteiger partial charge in [0, 0.05) is 64.3 Å². The van der Waals surface area contributed by atoms with Crippen LogP contribution in [-0.4, -0.2) is 57.4 Å². The molecule has 3 heterocycles. The van der Waals surface area contributed by atoms with E-state index in [1.54, 1.807) is 29.5 Å². The third-order valence-corrected chi connectivity index (χ3v) is 10.6. The van der Waals surface area contributed by atoms with Gasteiger partial charge in [-0.15, -0.1) is 11.3 Å². The van der Waals surface area contributed by atoms with Crippen LogP contribution in [0.15, 0.2) is 64.9 Å². The third-order valence-electron chi connectivity index (χ3n) is 7.56. The number of amides is 2. The molecule has 4 aromatic rings. The van der Waals surface area contributed by atoms with E-state index in [2.05, 4.69) is 5.32 Å². The molecule has 1 N–H and O–H groups in total. The molecular weight excluding hydrogens is 534 g/mol. The topological polar surface area (TPSA) is 96.0 Å². The summed E-state index contributed by atoms with van der Waals surface area (Å²) in [6, 6.07) is 15.8. The van der Waals surface area contributed by atoms with Crippen molar-refractivity contribution >= 4 is 65.4 Å². The number of ether oxygens (including phenoxy) is 1. The Labute approximate surface area is 231 Å². The Morgan fingerprint density at radius 2 is 1.90 bits per heavy atom. The average Bonchev–Trinajstić information content (AvgIpc) is 3.51. The van der Waals surface area contributed by atoms with Crippen LogP contribution >= 0.6 is 11.3 Å². The van der Waals surface area contributed by atoms with Crippen molar-refractivity contribution in [2.45, 2.75) is 36.6 Å². The number of rotatable bonds is 8. The van der Waals surface area contributed by atoms with Crippen LogP contribution < -0.4 is 10.2 Å². The first-order valence-electron chi connectivity index (χ1n) is 13.1. The van der Waals surface area contributed by atoms with E-state index in [9.17, 15) is 18.0 Å². The predicted octanol–water partition coefficient (Wildman–Crippen LogP) is 5.23. The van der Waals surface area contributed by atoms with Crippen molar-refractivity contribution in [3.8, 4) is 0 Å². The SMILES string of the molecule is COCCCN1C(=O)c2cccc3c(NC(=O)C4CCCCN4S(=O)(=O)c4csc5ccccc45)ccc1c23. The summed E-state index contributed by atoms with van der Waals surface area (Å²) in [6.07, 6.45) is 2.62. The van der Waals surface area contributed by atoms with Crippen molar-refractivity contribution in [1.29, 1.82) is 0 Å². The summed E-state index contributed by atoms with van der Waals surface area (Å²) < 4.78 is 35.1. The largest absolute Gasteiger partial charge is 0.385 e. The van der Waals surface area contributed by atoms with Crippen LogP contribution in [0.3, 0.4) is 0 Å². The quantitative estimate of drug-likeness (QED) is 0.296. The highest BCUT2D eigenvalue weighted by Gasteiger charge is 2.39. The molecule has 0 spiro atoms. The van der Waals surface area contributed by atoms with Crippen LogP contribution in [0.5, 0.6) is 0 Å². The molecule has 2 aliphatic heterocycles. The zero-order valence-electron chi connectivity index (χ0n) is 21.6. The third kappa shape index (κ3) is 4.41. The normalized spacial score (nSPS) is 17.8. The van der Waals surface area contributed by atoms with Crippen LogP contribution in [0.1, 0.15) is 36.0 Å². The molecule has 1 aromatic heterocycles. The maximum absolute atomic E-state index is 13.8. The molecule has 2 amide bonds. The number of benzene rings is 3. The lowest BCUT2D eigenvalue weighted by Crippen LogP contribution is -2.49. The van der Waals surface area contributed by atoms with E-state index in [1.807, 2.05) is 42.5 Å². The van der Waals surface area contributed by atoms with Crippen molar-refractivity contribution in [2.75, 3.05) is 37.0 Å². The molecule has 3 aromatic carbocycles. The lowest BCUT2D eigenvalue weighted by atomic mass is 10.0. The van der Waals surface area contributed by atoms with Gasteiger partial charge in [-0.05, 0) is 43.5 Å². The smallest absolute Gasteiger partial charge is 0.258 e. The Balaban J connectivity index is 1.31. The number of nitrogens with zero attached hydrogens (tertiary/aromatic N) is 2. The summed E-state index contributed by atoms with van der Waals surface area (Å²) in [5.41, 5.74) is 1.98. The van der Waals surface area contributed by atoms with Gasteiger partial charge in [0.25, 0.3) is 5.91 Å². The minimum absolute atomic E-state index is 0.0669. The highest BCUT2D eigenvalue weighted by atomic mass is 32.2. The van der Waals surface area contributed by atoms with Crippen molar-refractivity contribution < 1.29 is 22.7 Å². The fraction of sp³-hybridized carbons (Fsp3) is 0.310. The number of methoxy groups -OCH3 is 1. The first kappa shape index (κ1) is 25.9. The van der Waals surface area contributed by atoms with Gasteiger partial charge in [-0.25, -0.2) is 8.42 Å². The Bertz CT molecular complexity index is 1700. The molecule has 39 heavy (non-hydrogen) atoms. The van der Waals surface area contributed by atoms with E-state index >= 15 is 0 Å². The highest BCUT2D eigenvalue weighted by molar-refractivity contribution is 7.89. The molecular formula is C29H29N3O5S2. The predicted molar refractivity (Wildman–Crippen MR) is 154 cm³/mol. The summed E-state index contributed by atoms with van der Waals surface area (Å²) in [5.74, 6) is -0.428. The minimum Gasteiger partial charge on any atom is -0.385 e. The summed E-state index contributed by atoms with van der Waals surface area (Å²) in [5, 5.41) is 6.92. The molecule has 8 nitrogen and oxygen atoms in total. The van der Waals surface area contributed by atoms with E-state index in [-0.39, 0.29) is 16.7 Å². The second-order valence-corrected chi connectivity index (χ2v) is 12.6. The van der Waals surface area contributed by atoms with Gasteiger partial charge in [-0.1, -0.05) is 36.8 Å². The Kier molecular flexibility index (Phi) is 6.88. The number of hydrogen-bond acceptors (Lipinski definition) is 6. The van der Waals surface area contributed by atoms with Crippen LogP contribution in [-0.2, 0) is 19.6 Å². The number of nitrogens with one attached hydrogen (secondary N) is 1. The second-order valence-electron chi connectivity index (χ2n) is 9.88. The molecule has 0 aliphatic carbocycles. The van der Waals surface area contributed by atoms with E-state index in [0.717, 1.165) is 27.6 Å². The fourth-order valence-electron chi connectivity index (χ4n) is 5.69. The number of hydrogen-bond donors (Lipinski definition) is 1. The van der Waals surface area contributed by atoms with Crippen molar-refractivity contribution in [2.24, 2.45) is 0 Å². The lowest BCUT2D eigenvalue weighted by Gasteiger charge is -2.33. The number of thiophene rings is 1. The van der Waals surface area contributed by atoms with Gasteiger partial charge in [0.2, 0.25) is 15.9 Å². The van der Waals surface area contributed by atoms with E-state index in [0.29, 0.717) is 55.6 Å². The second kappa shape index (κ2) is 10.3. The van der Waals surface area contributed by atoms with E-state index < -0.39 is 16.1 Å². The molecule has 1 fully saturated rings. The van der Waals surface area contributed by atoms with Gasteiger partial charge < -0.3 is 15.0 Å². The molecule has 6 rings (SSSR count). The number of piperidine rings is 1. The number of carbonyl (C=O) groups is 2. The summed E-state index contributed by atoms with van der Waals surface area (Å²) >= 11 is 1.39. The van der Waals surface area contributed by atoms with Crippen LogP contribution in [0, 0.1) is 0 Å². The molecule has 1 atom stereocenters. The minimum atomic E-state index is -3.88. The Morgan fingerprint density at radius 1 is 1.08 bits per heavy atom. The first-order chi connectivity index (χ1) is 18.9. The monoisotopic (exact) mass is 563 g/mol. The molecule has 1 saturated heterocycles. The summed E-state index contributed by atoms with van der Waals surface area (Å²) in [4.78, 5) is 28.8. The maximum Gasteiger partial charge on any atom is 0.258 e. The van der Waals surface area contributed by atoms with Crippen molar-refractivity contribution in [1.82, 2.24) is 4.31 Å². The molecule has 202 valence electrons. The Hall–Kier alpha value is -3.31. The van der Waals surface area contributed by atoms with E-state index in [1.165, 1.54) is 15.6 Å². The number of sulfonamides is 1. The molecule has 1 unspecified atom stereocenters. The lowest BCUT2D eigenvalue weighted by molar-refractivity contribution is -0.120. The summed E-state index contributed by atoms with van der Waals surface area (Å²) in [7, 11) is -2.25. The number of fused-ring (bicyclic) bond motifs is 1. The maximum atomic E-state index is 13.8. The number of carbonyl (C=O) groups excluding carboxylic acids is 2. The van der Waals surface area contributed by atoms with Gasteiger partial charge in [-0.3, -0.25) is 9.59 Å². The van der Waals surface area contributed by atoms with Gasteiger partial charge in [0.15, 0.2) is 0 Å². The van der Waals surface area contributed by atoms with Gasteiger partial charge in [-0.2, -0.15) is 4.31 Å². The standard InChI is InChI=1S/C29H29N3O5S2/c1-37-17-7-15-31-23-14-13-22(19-9-6-10-21(27(19)23)29(31)34)30-28(33)24-11-4-5-16-32(24)39(35,36)26-18-38-25-12-3-2-8-20(25)26/h2-3,6,8-10,12-14,18,24H,4-5,7,11,15-17H2,1H3,(H,30,33). The molecule has 0 radical (unpaired) electrons. The molecule has 2 aliphatic rings. The molecule has 0 bridgehead atoms. The van der Waals surface area contributed by atoms with Crippen molar-refractivity contribution in [3.05, 3.63) is 65.5 Å². The van der Waals surface area contributed by atoms with Gasteiger partial charge in [0.1, 0.15) is 10.9 Å². The van der Waals surface area contributed by atoms with Crippen LogP contribution in [0.25, 0.3) is 20.9 Å². The first-order valence-corrected chi connectivity index (χ1v) is 15.4. The Morgan fingerprint density at radius 3 is 2.74 bits per heavy atom. The number of anilines is 2. The average molecular weight is 564 g/mol. The fourth-order valence-corrected chi connectivity index (χ4v) is 8.83. The van der Waals surface area contributed by atoms with Gasteiger partial charge in [0.05, 0.1) is 5.69 Å². The molecule has 10 heteroatoms. The van der Waals surface area contributed by atoms with E-state index in [4.69, 9.17) is 4.74 Å². The van der Waals surface area contributed by atoms with Gasteiger partial charge >= 0.3 is 0 Å². The highest BCUT2D eigenvalue weighted by Crippen LogP contribution is 2.41. The zero-order chi connectivity index (χ0) is 27.1. The zero-order valence-corrected chi connectivity index (χ0v) is 23.2. The molecule has 0 saturated carbocycles. The summed E-state index contributed by atoms with van der Waals surface area (Å²) in [6.45, 7) is 1.38.